The van der Waals surface area contributed by atoms with Crippen molar-refractivity contribution in [1.29, 1.82) is 0 Å². The molecule has 0 spiro atoms. The molecule has 0 aromatic heterocycles. The molecule has 206 valence electrons. The number of anilines is 1. The van der Waals surface area contributed by atoms with Crippen LogP contribution in [0.25, 0.3) is 0 Å². The molecule has 10 heteroatoms. The number of sulfonamides is 1. The molecule has 2 aromatic rings. The van der Waals surface area contributed by atoms with Gasteiger partial charge in [-0.15, -0.1) is 0 Å². The Labute approximate surface area is 225 Å². The summed E-state index contributed by atoms with van der Waals surface area (Å²) in [4.78, 5) is 40.5. The average molecular weight is 544 g/mol. The summed E-state index contributed by atoms with van der Waals surface area (Å²) in [5.41, 5.74) is 1.32. The highest BCUT2D eigenvalue weighted by molar-refractivity contribution is 7.92. The molecule has 0 saturated heterocycles. The van der Waals surface area contributed by atoms with E-state index >= 15 is 0 Å². The van der Waals surface area contributed by atoms with E-state index in [1.165, 1.54) is 17.9 Å². The van der Waals surface area contributed by atoms with Crippen molar-refractivity contribution in [2.24, 2.45) is 0 Å². The number of benzene rings is 2. The zero-order chi connectivity index (χ0) is 27.9. The summed E-state index contributed by atoms with van der Waals surface area (Å²) in [6, 6.07) is 12.6. The maximum Gasteiger partial charge on any atom is 0.244 e. The maximum absolute atomic E-state index is 13.8. The lowest BCUT2D eigenvalue weighted by Crippen LogP contribution is -2.53. The van der Waals surface area contributed by atoms with Crippen LogP contribution < -0.4 is 14.4 Å². The predicted octanol–water partition coefficient (Wildman–Crippen LogP) is 3.53. The van der Waals surface area contributed by atoms with Gasteiger partial charge in [0.15, 0.2) is 5.78 Å². The topological polar surface area (TPSA) is 113 Å². The van der Waals surface area contributed by atoms with Crippen molar-refractivity contribution >= 4 is 33.3 Å². The van der Waals surface area contributed by atoms with Crippen molar-refractivity contribution < 1.29 is 27.5 Å². The van der Waals surface area contributed by atoms with Crippen molar-refractivity contribution in [1.82, 2.24) is 10.2 Å². The van der Waals surface area contributed by atoms with Crippen molar-refractivity contribution in [3.05, 3.63) is 59.7 Å². The molecule has 1 atom stereocenters. The second-order valence-electron chi connectivity index (χ2n) is 9.66. The third kappa shape index (κ3) is 7.56. The van der Waals surface area contributed by atoms with Gasteiger partial charge in [-0.05, 0) is 56.0 Å². The van der Waals surface area contributed by atoms with Gasteiger partial charge in [0.25, 0.3) is 0 Å². The van der Waals surface area contributed by atoms with Gasteiger partial charge < -0.3 is 15.0 Å². The highest BCUT2D eigenvalue weighted by atomic mass is 32.2. The fourth-order valence-electron chi connectivity index (χ4n) is 4.71. The Balaban J connectivity index is 1.94. The Morgan fingerprint density at radius 1 is 1.08 bits per heavy atom. The van der Waals surface area contributed by atoms with E-state index in [2.05, 4.69) is 5.32 Å². The molecule has 2 amide bonds. The first-order chi connectivity index (χ1) is 18.0. The molecule has 9 nitrogen and oxygen atoms in total. The van der Waals surface area contributed by atoms with Crippen LogP contribution in [0.2, 0.25) is 0 Å². The number of Topliss-reactive ketones (excluding diaryl/α,β-unsaturated/α-hetero) is 1. The molecular formula is C28H37N3O6S. The number of ketones is 1. The molecule has 3 rings (SSSR count). The van der Waals surface area contributed by atoms with E-state index < -0.39 is 28.5 Å². The minimum absolute atomic E-state index is 0.0799. The van der Waals surface area contributed by atoms with E-state index in [9.17, 15) is 22.8 Å². The van der Waals surface area contributed by atoms with E-state index in [0.717, 1.165) is 41.8 Å². The fourth-order valence-corrected chi connectivity index (χ4v) is 5.55. The Morgan fingerprint density at radius 3 is 2.29 bits per heavy atom. The van der Waals surface area contributed by atoms with Gasteiger partial charge in [0.2, 0.25) is 21.8 Å². The second kappa shape index (κ2) is 12.9. The van der Waals surface area contributed by atoms with Crippen LogP contribution in [0.3, 0.4) is 0 Å². The van der Waals surface area contributed by atoms with Crippen molar-refractivity contribution in [2.75, 3.05) is 24.2 Å². The average Bonchev–Trinajstić information content (AvgIpc) is 3.39. The molecule has 2 aromatic carbocycles. The predicted molar refractivity (Wildman–Crippen MR) is 147 cm³/mol. The smallest absolute Gasteiger partial charge is 0.244 e. The molecule has 38 heavy (non-hydrogen) atoms. The number of rotatable bonds is 12. The third-order valence-corrected chi connectivity index (χ3v) is 7.96. The van der Waals surface area contributed by atoms with E-state index in [1.54, 1.807) is 37.4 Å². The molecule has 1 fully saturated rings. The lowest BCUT2D eigenvalue weighted by atomic mass is 10.1. The van der Waals surface area contributed by atoms with Crippen LogP contribution in [-0.2, 0) is 26.2 Å². The first kappa shape index (κ1) is 29.2. The molecule has 1 saturated carbocycles. The molecule has 0 bridgehead atoms. The summed E-state index contributed by atoms with van der Waals surface area (Å²) in [5.74, 6) is -0.327. The second-order valence-corrected chi connectivity index (χ2v) is 11.6. The lowest BCUT2D eigenvalue weighted by Gasteiger charge is -2.33. The number of hydrogen-bond donors (Lipinski definition) is 1. The lowest BCUT2D eigenvalue weighted by molar-refractivity contribution is -0.140. The van der Waals surface area contributed by atoms with Crippen LogP contribution in [0.4, 0.5) is 5.69 Å². The number of nitrogens with one attached hydrogen (secondary N) is 1. The number of amides is 2. The van der Waals surface area contributed by atoms with Crippen LogP contribution in [0.15, 0.2) is 48.5 Å². The van der Waals surface area contributed by atoms with Gasteiger partial charge in [-0.25, -0.2) is 8.42 Å². The van der Waals surface area contributed by atoms with Gasteiger partial charge in [-0.3, -0.25) is 18.7 Å². The number of carbonyl (C=O) groups excluding carboxylic acids is 3. The largest absolute Gasteiger partial charge is 0.497 e. The summed E-state index contributed by atoms with van der Waals surface area (Å²) < 4.78 is 31.8. The number of ether oxygens (including phenoxy) is 1. The molecule has 1 aliphatic carbocycles. The van der Waals surface area contributed by atoms with Gasteiger partial charge in [0, 0.05) is 18.2 Å². The van der Waals surface area contributed by atoms with Gasteiger partial charge in [-0.1, -0.05) is 44.0 Å². The minimum Gasteiger partial charge on any atom is -0.497 e. The van der Waals surface area contributed by atoms with Crippen LogP contribution in [-0.4, -0.2) is 62.9 Å². The summed E-state index contributed by atoms with van der Waals surface area (Å²) in [5, 5.41) is 3.08. The zero-order valence-corrected chi connectivity index (χ0v) is 23.3. The van der Waals surface area contributed by atoms with Crippen molar-refractivity contribution in [2.45, 2.75) is 64.6 Å². The fraction of sp³-hybridized carbons (Fsp3) is 0.464. The normalized spacial score (nSPS) is 14.5. The van der Waals surface area contributed by atoms with Crippen molar-refractivity contribution in [3.8, 4) is 5.75 Å². The standard InChI is InChI=1S/C28H37N3O6S/c1-5-26(28(34)29-23-10-6-7-11-23)30(18-21-13-15-25(37-3)16-14-21)27(33)19-31(38(4,35)36)24-12-8-9-22(17-24)20(2)32/h8-9,12-17,23,26H,5-7,10-11,18-19H2,1-4H3,(H,29,34)/t26-/m0/s1. The van der Waals surface area contributed by atoms with E-state index in [-0.39, 0.29) is 30.0 Å². The molecule has 0 aliphatic heterocycles. The Bertz CT molecular complexity index is 1240. The number of hydrogen-bond acceptors (Lipinski definition) is 6. The van der Waals surface area contributed by atoms with Gasteiger partial charge in [-0.2, -0.15) is 0 Å². The number of methoxy groups -OCH3 is 1. The molecule has 1 N–H and O–H groups in total. The summed E-state index contributed by atoms with van der Waals surface area (Å²) in [6.45, 7) is 2.83. The summed E-state index contributed by atoms with van der Waals surface area (Å²) in [7, 11) is -2.32. The van der Waals surface area contributed by atoms with Gasteiger partial charge >= 0.3 is 0 Å². The molecule has 0 unspecified atom stereocenters. The van der Waals surface area contributed by atoms with Crippen LogP contribution in [0, 0.1) is 0 Å². The molecule has 0 radical (unpaired) electrons. The van der Waals surface area contributed by atoms with Crippen LogP contribution in [0.1, 0.15) is 61.9 Å². The first-order valence-electron chi connectivity index (χ1n) is 12.8. The molecule has 0 heterocycles. The molecule has 1 aliphatic rings. The number of nitrogens with zero attached hydrogens (tertiary/aromatic N) is 2. The minimum atomic E-state index is -3.88. The number of carbonyl (C=O) groups is 3. The third-order valence-electron chi connectivity index (χ3n) is 6.82. The van der Waals surface area contributed by atoms with E-state index in [1.807, 2.05) is 19.1 Å². The summed E-state index contributed by atoms with van der Waals surface area (Å²) in [6.07, 6.45) is 5.29. The Hall–Kier alpha value is -3.40. The quantitative estimate of drug-likeness (QED) is 0.410. The van der Waals surface area contributed by atoms with Crippen molar-refractivity contribution in [3.63, 3.8) is 0 Å². The maximum atomic E-state index is 13.8. The monoisotopic (exact) mass is 543 g/mol. The van der Waals surface area contributed by atoms with Crippen LogP contribution in [0.5, 0.6) is 5.75 Å². The Morgan fingerprint density at radius 2 is 1.74 bits per heavy atom. The summed E-state index contributed by atoms with van der Waals surface area (Å²) >= 11 is 0. The molecular weight excluding hydrogens is 506 g/mol. The Kier molecular flexibility index (Phi) is 9.90. The highest BCUT2D eigenvalue weighted by Gasteiger charge is 2.33. The SMILES string of the molecule is CC[C@@H](C(=O)NC1CCCC1)N(Cc1ccc(OC)cc1)C(=O)CN(c1cccc(C(C)=O)c1)S(C)(=O)=O. The van der Waals surface area contributed by atoms with E-state index in [0.29, 0.717) is 17.7 Å². The van der Waals surface area contributed by atoms with Crippen LogP contribution >= 0.6 is 0 Å². The van der Waals surface area contributed by atoms with Gasteiger partial charge in [0.1, 0.15) is 18.3 Å². The zero-order valence-electron chi connectivity index (χ0n) is 22.5. The van der Waals surface area contributed by atoms with Gasteiger partial charge in [0.05, 0.1) is 19.1 Å². The highest BCUT2D eigenvalue weighted by Crippen LogP contribution is 2.23. The first-order valence-corrected chi connectivity index (χ1v) is 14.7. The van der Waals surface area contributed by atoms with E-state index in [4.69, 9.17) is 4.74 Å².